The normalized spacial score (nSPS) is 17.8. The van der Waals surface area contributed by atoms with E-state index in [0.717, 1.165) is 30.7 Å². The largest absolute Gasteiger partial charge is 0.422 e. The van der Waals surface area contributed by atoms with Gasteiger partial charge in [0, 0.05) is 60.9 Å². The first kappa shape index (κ1) is 18.6. The number of hydrogen-bond acceptors (Lipinski definition) is 6. The molecule has 0 unspecified atom stereocenters. The molecule has 30 heavy (non-hydrogen) atoms. The first-order valence-electron chi connectivity index (χ1n) is 10.0. The Morgan fingerprint density at radius 2 is 2.00 bits per heavy atom. The summed E-state index contributed by atoms with van der Waals surface area (Å²) in [5, 5.41) is 0.817. The molecule has 0 aliphatic carbocycles. The number of rotatable bonds is 2. The van der Waals surface area contributed by atoms with E-state index < -0.39 is 5.63 Å². The molecule has 0 saturated carbocycles. The molecule has 1 saturated heterocycles. The molecule has 1 aliphatic rings. The molecular formula is C22H23N5O3. The molecule has 3 aromatic heterocycles. The zero-order valence-corrected chi connectivity index (χ0v) is 17.2. The highest BCUT2D eigenvalue weighted by molar-refractivity contribution is 5.84. The van der Waals surface area contributed by atoms with Crippen LogP contribution in [0.3, 0.4) is 0 Å². The number of nitrogens with zero attached hydrogens (tertiary/aromatic N) is 4. The average Bonchev–Trinajstić information content (AvgIpc) is 3.13. The highest BCUT2D eigenvalue weighted by Crippen LogP contribution is 2.26. The maximum Gasteiger partial charge on any atom is 0.345 e. The summed E-state index contributed by atoms with van der Waals surface area (Å²) in [5.41, 5.74) is 2.55. The van der Waals surface area contributed by atoms with Crippen LogP contribution < -0.4 is 16.1 Å². The van der Waals surface area contributed by atoms with Crippen molar-refractivity contribution in [2.75, 3.05) is 31.6 Å². The van der Waals surface area contributed by atoms with Crippen molar-refractivity contribution < 1.29 is 4.42 Å². The molecule has 0 spiro atoms. The highest BCUT2D eigenvalue weighted by atomic mass is 16.4. The van der Waals surface area contributed by atoms with Crippen LogP contribution in [0.15, 0.2) is 50.7 Å². The number of aromatic nitrogens is 3. The molecule has 8 nitrogen and oxygen atoms in total. The SMILES string of the molecule is Cc1cn2cc(-c3cc4ccc(N5CCN(C)[C@H](C)C5)cc4oc3=O)nc2c(=O)[nH]1. The summed E-state index contributed by atoms with van der Waals surface area (Å²) in [6, 6.07) is 8.19. The molecule has 0 radical (unpaired) electrons. The third-order valence-electron chi connectivity index (χ3n) is 5.90. The van der Waals surface area contributed by atoms with E-state index in [1.54, 1.807) is 29.8 Å². The summed E-state index contributed by atoms with van der Waals surface area (Å²) in [4.78, 5) is 36.6. The number of aromatic amines is 1. The van der Waals surface area contributed by atoms with Gasteiger partial charge < -0.3 is 23.6 Å². The maximum atomic E-state index is 12.7. The van der Waals surface area contributed by atoms with Crippen molar-refractivity contribution >= 4 is 22.3 Å². The van der Waals surface area contributed by atoms with E-state index in [1.807, 2.05) is 12.1 Å². The first-order chi connectivity index (χ1) is 14.4. The third-order valence-corrected chi connectivity index (χ3v) is 5.90. The minimum Gasteiger partial charge on any atom is -0.422 e. The molecule has 0 bridgehead atoms. The molecular weight excluding hydrogens is 382 g/mol. The average molecular weight is 405 g/mol. The van der Waals surface area contributed by atoms with Gasteiger partial charge in [-0.15, -0.1) is 0 Å². The molecule has 1 atom stereocenters. The molecule has 5 rings (SSSR count). The number of H-pyrrole nitrogens is 1. The van der Waals surface area contributed by atoms with Crippen LogP contribution in [0.4, 0.5) is 5.69 Å². The number of imidazole rings is 1. The van der Waals surface area contributed by atoms with Gasteiger partial charge >= 0.3 is 5.63 Å². The second-order valence-corrected chi connectivity index (χ2v) is 8.07. The van der Waals surface area contributed by atoms with Crippen LogP contribution in [0.1, 0.15) is 12.6 Å². The van der Waals surface area contributed by atoms with Crippen molar-refractivity contribution in [3.05, 3.63) is 63.1 Å². The van der Waals surface area contributed by atoms with E-state index in [0.29, 0.717) is 28.6 Å². The molecule has 4 aromatic rings. The van der Waals surface area contributed by atoms with E-state index in [9.17, 15) is 9.59 Å². The van der Waals surface area contributed by atoms with Gasteiger partial charge in [-0.3, -0.25) is 4.79 Å². The Bertz CT molecular complexity index is 1380. The van der Waals surface area contributed by atoms with Crippen molar-refractivity contribution in [3.8, 4) is 11.3 Å². The van der Waals surface area contributed by atoms with E-state index in [2.05, 4.69) is 39.8 Å². The Hall–Kier alpha value is -3.39. The smallest absolute Gasteiger partial charge is 0.345 e. The van der Waals surface area contributed by atoms with Crippen LogP contribution >= 0.6 is 0 Å². The van der Waals surface area contributed by atoms with Gasteiger partial charge in [0.1, 0.15) is 5.58 Å². The predicted octanol–water partition coefficient (Wildman–Crippen LogP) is 2.24. The minimum absolute atomic E-state index is 0.245. The number of hydrogen-bond donors (Lipinski definition) is 1. The van der Waals surface area contributed by atoms with Crippen molar-refractivity contribution in [1.29, 1.82) is 0 Å². The van der Waals surface area contributed by atoms with Crippen LogP contribution in [0.2, 0.25) is 0 Å². The third kappa shape index (κ3) is 3.09. The fourth-order valence-electron chi connectivity index (χ4n) is 4.02. The Morgan fingerprint density at radius 3 is 2.80 bits per heavy atom. The second kappa shape index (κ2) is 6.84. The van der Waals surface area contributed by atoms with Gasteiger partial charge in [-0.25, -0.2) is 9.78 Å². The number of likely N-dealkylation sites (N-methyl/N-ethyl adjacent to an activating group) is 1. The number of nitrogens with one attached hydrogen (secondary N) is 1. The van der Waals surface area contributed by atoms with Crippen molar-refractivity contribution in [2.24, 2.45) is 0 Å². The Kier molecular flexibility index (Phi) is 4.25. The Morgan fingerprint density at radius 1 is 1.17 bits per heavy atom. The highest BCUT2D eigenvalue weighted by Gasteiger charge is 2.21. The van der Waals surface area contributed by atoms with E-state index in [-0.39, 0.29) is 11.2 Å². The Balaban J connectivity index is 1.56. The van der Waals surface area contributed by atoms with Crippen LogP contribution in [-0.4, -0.2) is 52.0 Å². The van der Waals surface area contributed by atoms with Gasteiger partial charge in [0.25, 0.3) is 5.56 Å². The van der Waals surface area contributed by atoms with E-state index in [1.165, 1.54) is 0 Å². The van der Waals surface area contributed by atoms with Gasteiger partial charge in [-0.1, -0.05) is 0 Å². The lowest BCUT2D eigenvalue weighted by atomic mass is 10.1. The van der Waals surface area contributed by atoms with Crippen molar-refractivity contribution in [1.82, 2.24) is 19.3 Å². The lowest BCUT2D eigenvalue weighted by Gasteiger charge is -2.39. The van der Waals surface area contributed by atoms with Crippen LogP contribution in [-0.2, 0) is 0 Å². The Labute approximate surface area is 172 Å². The van der Waals surface area contributed by atoms with Crippen LogP contribution in [0, 0.1) is 6.92 Å². The van der Waals surface area contributed by atoms with Crippen molar-refractivity contribution in [2.45, 2.75) is 19.9 Å². The molecule has 1 aliphatic heterocycles. The van der Waals surface area contributed by atoms with Gasteiger partial charge in [0.2, 0.25) is 5.65 Å². The predicted molar refractivity (Wildman–Crippen MR) is 116 cm³/mol. The zero-order valence-electron chi connectivity index (χ0n) is 17.2. The topological polar surface area (TPSA) is 86.8 Å². The fourth-order valence-corrected chi connectivity index (χ4v) is 4.02. The summed E-state index contributed by atoms with van der Waals surface area (Å²) >= 11 is 0. The zero-order chi connectivity index (χ0) is 21.0. The van der Waals surface area contributed by atoms with Crippen LogP contribution in [0.25, 0.3) is 27.9 Å². The lowest BCUT2D eigenvalue weighted by molar-refractivity contribution is 0.234. The second-order valence-electron chi connectivity index (χ2n) is 8.07. The monoisotopic (exact) mass is 405 g/mol. The maximum absolute atomic E-state index is 12.7. The summed E-state index contributed by atoms with van der Waals surface area (Å²) in [6.45, 7) is 6.86. The molecule has 1 fully saturated rings. The van der Waals surface area contributed by atoms with E-state index >= 15 is 0 Å². The molecule has 8 heteroatoms. The number of piperazine rings is 1. The summed E-state index contributed by atoms with van der Waals surface area (Å²) in [5.74, 6) is 0. The summed E-state index contributed by atoms with van der Waals surface area (Å²) in [7, 11) is 2.14. The number of aryl methyl sites for hydroxylation is 1. The summed E-state index contributed by atoms with van der Waals surface area (Å²) in [6.07, 6.45) is 3.44. The lowest BCUT2D eigenvalue weighted by Crippen LogP contribution is -2.50. The van der Waals surface area contributed by atoms with Crippen LogP contribution in [0.5, 0.6) is 0 Å². The fraction of sp³-hybridized carbons (Fsp3) is 0.318. The molecule has 1 aromatic carbocycles. The molecule has 4 heterocycles. The van der Waals surface area contributed by atoms with Gasteiger partial charge in [-0.2, -0.15) is 0 Å². The number of benzene rings is 1. The standard InChI is InChI=1S/C22H23N5O3/c1-13-10-27-12-18(24-20(27)21(28)23-13)17-8-15-4-5-16(9-19(15)30-22(17)29)26-7-6-25(3)14(2)11-26/h4-5,8-10,12,14H,6-7,11H2,1-3H3,(H,23,28)/t14-/m1/s1. The van der Waals surface area contributed by atoms with Gasteiger partial charge in [-0.05, 0) is 39.1 Å². The number of fused-ring (bicyclic) bond motifs is 2. The van der Waals surface area contributed by atoms with Gasteiger partial charge in [0.15, 0.2) is 0 Å². The molecule has 154 valence electrons. The molecule has 1 N–H and O–H groups in total. The van der Waals surface area contributed by atoms with E-state index in [4.69, 9.17) is 4.42 Å². The van der Waals surface area contributed by atoms with Crippen molar-refractivity contribution in [3.63, 3.8) is 0 Å². The number of anilines is 1. The summed E-state index contributed by atoms with van der Waals surface area (Å²) < 4.78 is 7.28. The van der Waals surface area contributed by atoms with Gasteiger partial charge in [0.05, 0.1) is 11.3 Å². The molecule has 0 amide bonds. The minimum atomic E-state index is -0.469. The quantitative estimate of drug-likeness (QED) is 0.515. The first-order valence-corrected chi connectivity index (χ1v) is 10.0.